The Morgan fingerprint density at radius 1 is 1.35 bits per heavy atom. The molecule has 0 saturated carbocycles. The van der Waals surface area contributed by atoms with Crippen LogP contribution >= 0.6 is 15.9 Å². The summed E-state index contributed by atoms with van der Waals surface area (Å²) in [7, 11) is 0. The number of hydrogen-bond donors (Lipinski definition) is 0. The fourth-order valence-electron chi connectivity index (χ4n) is 1.63. The van der Waals surface area contributed by atoms with Crippen LogP contribution in [-0.4, -0.2) is 23.2 Å². The lowest BCUT2D eigenvalue weighted by atomic mass is 10.2. The van der Waals surface area contributed by atoms with E-state index in [1.165, 1.54) is 23.1 Å². The topological polar surface area (TPSA) is 80.5 Å². The van der Waals surface area contributed by atoms with Gasteiger partial charge in [-0.25, -0.2) is 0 Å². The van der Waals surface area contributed by atoms with Crippen LogP contribution in [0, 0.1) is 10.1 Å². The van der Waals surface area contributed by atoms with Gasteiger partial charge in [0.2, 0.25) is 5.91 Å². The van der Waals surface area contributed by atoms with Crippen LogP contribution in [0.5, 0.6) is 0 Å². The molecule has 2 rings (SSSR count). The fraction of sp³-hybridized carbons (Fsp3) is 0.200. The maximum Gasteiger partial charge on any atom is 0.270 e. The van der Waals surface area contributed by atoms with E-state index in [1.807, 2.05) is 0 Å². The predicted octanol–water partition coefficient (Wildman–Crippen LogP) is 1.66. The van der Waals surface area contributed by atoms with E-state index < -0.39 is 4.92 Å². The first-order valence-electron chi connectivity index (χ1n) is 4.75. The van der Waals surface area contributed by atoms with E-state index >= 15 is 0 Å². The normalized spacial score (nSPS) is 15.5. The number of ketones is 1. The van der Waals surface area contributed by atoms with Crippen LogP contribution in [0.4, 0.5) is 11.4 Å². The third kappa shape index (κ3) is 2.19. The van der Waals surface area contributed by atoms with Crippen molar-refractivity contribution in [3.05, 3.63) is 32.8 Å². The molecule has 0 atom stereocenters. The monoisotopic (exact) mass is 298 g/mol. The van der Waals surface area contributed by atoms with Crippen molar-refractivity contribution in [3.63, 3.8) is 0 Å². The Bertz CT molecular complexity index is 529. The molecule has 88 valence electrons. The van der Waals surface area contributed by atoms with Gasteiger partial charge >= 0.3 is 0 Å². The van der Waals surface area contributed by atoms with E-state index in [-0.39, 0.29) is 30.3 Å². The van der Waals surface area contributed by atoms with Crippen molar-refractivity contribution in [3.8, 4) is 0 Å². The minimum Gasteiger partial charge on any atom is -0.303 e. The summed E-state index contributed by atoms with van der Waals surface area (Å²) in [5.41, 5.74) is 0.407. The van der Waals surface area contributed by atoms with E-state index in [0.29, 0.717) is 10.2 Å². The molecule has 1 aromatic rings. The summed E-state index contributed by atoms with van der Waals surface area (Å²) in [5.74, 6) is -0.440. The van der Waals surface area contributed by atoms with Gasteiger partial charge in [-0.05, 0) is 22.0 Å². The van der Waals surface area contributed by atoms with Crippen molar-refractivity contribution in [2.24, 2.45) is 0 Å². The number of benzene rings is 1. The van der Waals surface area contributed by atoms with Crippen LogP contribution in [0.3, 0.4) is 0 Å². The van der Waals surface area contributed by atoms with Gasteiger partial charge in [0.05, 0.1) is 23.6 Å². The van der Waals surface area contributed by atoms with Crippen LogP contribution < -0.4 is 4.90 Å². The zero-order chi connectivity index (χ0) is 12.6. The Labute approximate surface area is 104 Å². The number of carbonyl (C=O) groups is 2. The van der Waals surface area contributed by atoms with E-state index in [2.05, 4.69) is 15.9 Å². The molecule has 0 unspecified atom stereocenters. The number of halogens is 1. The van der Waals surface area contributed by atoms with Crippen molar-refractivity contribution in [2.45, 2.75) is 6.42 Å². The molecule has 1 aromatic carbocycles. The maximum atomic E-state index is 11.5. The van der Waals surface area contributed by atoms with Crippen molar-refractivity contribution in [1.29, 1.82) is 0 Å². The first-order valence-corrected chi connectivity index (χ1v) is 5.54. The molecular weight excluding hydrogens is 292 g/mol. The minimum atomic E-state index is -0.522. The van der Waals surface area contributed by atoms with Crippen LogP contribution in [-0.2, 0) is 9.59 Å². The average Bonchev–Trinajstić information content (AvgIpc) is 2.57. The number of rotatable bonds is 2. The SMILES string of the molecule is O=C1CC(=O)N(c2ccc([N+](=O)[O-])cc2Br)C1. The summed E-state index contributed by atoms with van der Waals surface area (Å²) in [6, 6.07) is 4.07. The molecule has 0 aliphatic carbocycles. The Kier molecular flexibility index (Phi) is 2.93. The third-order valence-electron chi connectivity index (χ3n) is 2.42. The van der Waals surface area contributed by atoms with Gasteiger partial charge in [0.25, 0.3) is 5.69 Å². The van der Waals surface area contributed by atoms with Gasteiger partial charge < -0.3 is 4.90 Å². The molecule has 1 aliphatic heterocycles. The predicted molar refractivity (Wildman–Crippen MR) is 62.8 cm³/mol. The maximum absolute atomic E-state index is 11.5. The van der Waals surface area contributed by atoms with Crippen molar-refractivity contribution >= 4 is 39.0 Å². The lowest BCUT2D eigenvalue weighted by molar-refractivity contribution is -0.384. The summed E-state index contributed by atoms with van der Waals surface area (Å²) < 4.78 is 0.426. The molecule has 17 heavy (non-hydrogen) atoms. The second-order valence-electron chi connectivity index (χ2n) is 3.59. The molecule has 1 heterocycles. The van der Waals surface area contributed by atoms with Gasteiger partial charge in [-0.1, -0.05) is 0 Å². The van der Waals surface area contributed by atoms with Gasteiger partial charge in [-0.3, -0.25) is 19.7 Å². The molecular formula is C10H7BrN2O4. The number of anilines is 1. The summed E-state index contributed by atoms with van der Waals surface area (Å²) >= 11 is 3.16. The number of hydrogen-bond acceptors (Lipinski definition) is 4. The largest absolute Gasteiger partial charge is 0.303 e. The Balaban J connectivity index is 2.37. The first-order chi connectivity index (χ1) is 7.99. The second-order valence-corrected chi connectivity index (χ2v) is 4.44. The lowest BCUT2D eigenvalue weighted by Gasteiger charge is -2.15. The first kappa shape index (κ1) is 11.7. The van der Waals surface area contributed by atoms with Crippen molar-refractivity contribution < 1.29 is 14.5 Å². The molecule has 1 saturated heterocycles. The Hall–Kier alpha value is -1.76. The molecule has 0 aromatic heterocycles. The average molecular weight is 299 g/mol. The third-order valence-corrected chi connectivity index (χ3v) is 3.05. The van der Waals surface area contributed by atoms with Crippen molar-refractivity contribution in [1.82, 2.24) is 0 Å². The highest BCUT2D eigenvalue weighted by Gasteiger charge is 2.30. The van der Waals surface area contributed by atoms with Gasteiger partial charge in [0.1, 0.15) is 0 Å². The quantitative estimate of drug-likeness (QED) is 0.472. The molecule has 0 radical (unpaired) electrons. The highest BCUT2D eigenvalue weighted by Crippen LogP contribution is 2.31. The molecule has 1 amide bonds. The summed E-state index contributed by atoms with van der Waals surface area (Å²) in [6.07, 6.45) is -0.108. The summed E-state index contributed by atoms with van der Waals surface area (Å²) in [5, 5.41) is 10.6. The number of nitrogens with zero attached hydrogens (tertiary/aromatic N) is 2. The zero-order valence-corrected chi connectivity index (χ0v) is 10.1. The van der Waals surface area contributed by atoms with Crippen LogP contribution in [0.1, 0.15) is 6.42 Å². The minimum absolute atomic E-state index is 0.0231. The number of carbonyl (C=O) groups excluding carboxylic acids is 2. The highest BCUT2D eigenvalue weighted by molar-refractivity contribution is 9.10. The van der Waals surface area contributed by atoms with Gasteiger partial charge in [0.15, 0.2) is 5.78 Å². The molecule has 7 heteroatoms. The molecule has 6 nitrogen and oxygen atoms in total. The smallest absolute Gasteiger partial charge is 0.270 e. The fourth-order valence-corrected chi connectivity index (χ4v) is 2.21. The molecule has 0 spiro atoms. The van der Waals surface area contributed by atoms with Gasteiger partial charge in [0, 0.05) is 16.6 Å². The van der Waals surface area contributed by atoms with E-state index in [4.69, 9.17) is 0 Å². The molecule has 0 bridgehead atoms. The standard InChI is InChI=1S/C10H7BrN2O4/c11-8-3-6(13(16)17)1-2-9(8)12-5-7(14)4-10(12)15/h1-3H,4-5H2. The second kappa shape index (κ2) is 4.25. The summed E-state index contributed by atoms with van der Waals surface area (Å²) in [4.78, 5) is 34.0. The van der Waals surface area contributed by atoms with E-state index in [1.54, 1.807) is 0 Å². The molecule has 1 fully saturated rings. The number of amides is 1. The van der Waals surface area contributed by atoms with Gasteiger partial charge in [-0.2, -0.15) is 0 Å². The van der Waals surface area contributed by atoms with Crippen LogP contribution in [0.25, 0.3) is 0 Å². The number of Topliss-reactive ketones (excluding diaryl/α,β-unsaturated/α-hetero) is 1. The summed E-state index contributed by atoms with van der Waals surface area (Å²) in [6.45, 7) is 0.0231. The van der Waals surface area contributed by atoms with Crippen LogP contribution in [0.2, 0.25) is 0 Å². The lowest BCUT2D eigenvalue weighted by Crippen LogP contribution is -2.24. The van der Waals surface area contributed by atoms with Crippen LogP contribution in [0.15, 0.2) is 22.7 Å². The molecule has 1 aliphatic rings. The van der Waals surface area contributed by atoms with E-state index in [0.717, 1.165) is 0 Å². The van der Waals surface area contributed by atoms with Crippen molar-refractivity contribution in [2.75, 3.05) is 11.4 Å². The Morgan fingerprint density at radius 2 is 2.06 bits per heavy atom. The van der Waals surface area contributed by atoms with E-state index in [9.17, 15) is 19.7 Å². The number of non-ortho nitro benzene ring substituents is 1. The number of nitro benzene ring substituents is 1. The van der Waals surface area contributed by atoms with Gasteiger partial charge in [-0.15, -0.1) is 0 Å². The Morgan fingerprint density at radius 3 is 2.53 bits per heavy atom. The highest BCUT2D eigenvalue weighted by atomic mass is 79.9. The number of nitro groups is 1. The molecule has 0 N–H and O–H groups in total. The zero-order valence-electron chi connectivity index (χ0n) is 8.55.